The lowest BCUT2D eigenvalue weighted by Crippen LogP contribution is -2.30. The standard InChI is InChI=1S/C47H51N2O8/c1-48-27-31-19-36(24-38(51)20-31)39(21-29-10-12-41(52)45(22-29)56-2)44(55)26-43(54)37(18-30-14-16-49-28-30)23-34-11-13-42(53)47(57-3)40(34)25-35-9-5-7-32-6-4-8-33(15-17-50)46(32)35/h4-14,16,19-20,22,24,28,37,39,43,48,50-54H,15,17-18,21,23,25-27H2,1-3H3/q-1. The number of carbonyl (C=O) groups is 1. The van der Waals surface area contributed by atoms with Gasteiger partial charge in [0.05, 0.1) is 20.3 Å². The van der Waals surface area contributed by atoms with Crippen molar-refractivity contribution in [1.82, 2.24) is 10.3 Å². The second-order valence-corrected chi connectivity index (χ2v) is 14.6. The first-order valence-electron chi connectivity index (χ1n) is 19.2. The van der Waals surface area contributed by atoms with Gasteiger partial charge in [0.1, 0.15) is 11.5 Å². The molecule has 1 aromatic heterocycles. The lowest BCUT2D eigenvalue weighted by Gasteiger charge is -2.27. The Hall–Kier alpha value is -5.81. The molecule has 6 N–H and O–H groups in total. The maximum atomic E-state index is 14.6. The van der Waals surface area contributed by atoms with Gasteiger partial charge in [0.2, 0.25) is 0 Å². The molecule has 0 aliphatic rings. The summed E-state index contributed by atoms with van der Waals surface area (Å²) in [5.41, 5.74) is 6.73. The normalized spacial score (nSPS) is 13.0. The monoisotopic (exact) mass is 771 g/mol. The number of aromatic hydroxyl groups is 3. The topological polar surface area (TPSA) is 163 Å². The largest absolute Gasteiger partial charge is 0.670 e. The molecule has 57 heavy (non-hydrogen) atoms. The second kappa shape index (κ2) is 18.9. The van der Waals surface area contributed by atoms with Gasteiger partial charge in [0, 0.05) is 37.5 Å². The molecule has 10 heteroatoms. The Labute approximate surface area is 333 Å². The number of phenols is 3. The molecule has 10 nitrogen and oxygen atoms in total. The van der Waals surface area contributed by atoms with Crippen LogP contribution in [0.2, 0.25) is 0 Å². The molecule has 0 bridgehead atoms. The minimum absolute atomic E-state index is 0.00274. The number of benzene rings is 5. The van der Waals surface area contributed by atoms with Crippen molar-refractivity contribution >= 4 is 16.6 Å². The highest BCUT2D eigenvalue weighted by Gasteiger charge is 2.30. The molecule has 3 atom stereocenters. The minimum Gasteiger partial charge on any atom is -0.670 e. The summed E-state index contributed by atoms with van der Waals surface area (Å²) >= 11 is 0. The van der Waals surface area contributed by atoms with Crippen molar-refractivity contribution in [2.24, 2.45) is 5.92 Å². The predicted octanol–water partition coefficient (Wildman–Crippen LogP) is 6.52. The molecule has 3 unspecified atom stereocenters. The van der Waals surface area contributed by atoms with E-state index in [9.17, 15) is 30.3 Å². The highest BCUT2D eigenvalue weighted by atomic mass is 16.5. The molecule has 0 spiro atoms. The number of Topliss-reactive ketones (excluding diaryl/α,β-unsaturated/α-hetero) is 1. The first kappa shape index (κ1) is 40.8. The zero-order valence-corrected chi connectivity index (χ0v) is 32.6. The van der Waals surface area contributed by atoms with Gasteiger partial charge in [-0.15, -0.1) is 0 Å². The summed E-state index contributed by atoms with van der Waals surface area (Å²) in [6, 6.07) is 27.6. The minimum atomic E-state index is -1.08. The summed E-state index contributed by atoms with van der Waals surface area (Å²) in [4.78, 5) is 18.8. The quantitative estimate of drug-likeness (QED) is 0.0535. The molecule has 6 aromatic rings. The van der Waals surface area contributed by atoms with Crippen molar-refractivity contribution in [2.75, 3.05) is 27.9 Å². The Morgan fingerprint density at radius 2 is 1.56 bits per heavy atom. The van der Waals surface area contributed by atoms with E-state index in [2.05, 4.69) is 10.3 Å². The number of hydrogen-bond donors (Lipinski definition) is 6. The van der Waals surface area contributed by atoms with Gasteiger partial charge >= 0.3 is 0 Å². The average Bonchev–Trinajstić information content (AvgIpc) is 3.71. The van der Waals surface area contributed by atoms with Gasteiger partial charge in [0.15, 0.2) is 23.0 Å². The van der Waals surface area contributed by atoms with E-state index < -0.39 is 17.9 Å². The zero-order chi connectivity index (χ0) is 40.5. The third kappa shape index (κ3) is 9.78. The summed E-state index contributed by atoms with van der Waals surface area (Å²) in [5.74, 6) is -0.757. The third-order valence-corrected chi connectivity index (χ3v) is 10.8. The fraction of sp³-hybridized carbons (Fsp3) is 0.298. The maximum absolute atomic E-state index is 14.6. The number of nitrogens with one attached hydrogen (secondary N) is 1. The molecule has 1 heterocycles. The van der Waals surface area contributed by atoms with Gasteiger partial charge in [-0.3, -0.25) is 4.79 Å². The number of ketones is 1. The van der Waals surface area contributed by atoms with Gasteiger partial charge in [-0.2, -0.15) is 12.4 Å². The van der Waals surface area contributed by atoms with E-state index in [4.69, 9.17) is 9.47 Å². The number of aliphatic hydroxyl groups excluding tert-OH is 2. The third-order valence-electron chi connectivity index (χ3n) is 10.8. The average molecular weight is 772 g/mol. The number of hydrogen-bond acceptors (Lipinski definition) is 9. The highest BCUT2D eigenvalue weighted by Crippen LogP contribution is 2.39. The number of phenolic OH excluding ortho intramolecular Hbond substituents is 3. The molecule has 0 amide bonds. The van der Waals surface area contributed by atoms with Crippen LogP contribution in [0, 0.1) is 5.92 Å². The summed E-state index contributed by atoms with van der Waals surface area (Å²) < 4.78 is 11.2. The van der Waals surface area contributed by atoms with Crippen LogP contribution < -0.4 is 19.8 Å². The number of rotatable bonds is 19. The van der Waals surface area contributed by atoms with Crippen LogP contribution in [0.3, 0.4) is 0 Å². The first-order chi connectivity index (χ1) is 27.6. The summed E-state index contributed by atoms with van der Waals surface area (Å²) in [6.45, 7) is 0.489. The van der Waals surface area contributed by atoms with Crippen LogP contribution in [-0.4, -0.2) is 65.3 Å². The van der Waals surface area contributed by atoms with Gasteiger partial charge in [-0.05, 0) is 113 Å². The second-order valence-electron chi connectivity index (χ2n) is 14.6. The van der Waals surface area contributed by atoms with Crippen molar-refractivity contribution in [3.8, 4) is 28.7 Å². The zero-order valence-electron chi connectivity index (χ0n) is 32.6. The first-order valence-corrected chi connectivity index (χ1v) is 19.2. The SMILES string of the molecule is CNCc1cc(O)cc(C(Cc2ccc(O)c(OC)c2)C(=O)CC(O)C(Cc2cc[n-]c2)Cc2ccc(O)c(OC)c2Cc2cccc3cccc(CCO)c23)c1. The van der Waals surface area contributed by atoms with E-state index in [0.29, 0.717) is 43.5 Å². The number of carbonyl (C=O) groups excluding carboxylic acids is 1. The molecule has 5 aromatic carbocycles. The fourth-order valence-corrected chi connectivity index (χ4v) is 8.03. The van der Waals surface area contributed by atoms with Gasteiger partial charge in [0.25, 0.3) is 0 Å². The van der Waals surface area contributed by atoms with E-state index in [-0.39, 0.29) is 48.2 Å². The number of aliphatic hydroxyl groups is 2. The molecule has 0 fully saturated rings. The Bertz CT molecular complexity index is 2280. The number of fused-ring (bicyclic) bond motifs is 1. The van der Waals surface area contributed by atoms with E-state index >= 15 is 0 Å². The van der Waals surface area contributed by atoms with Crippen LogP contribution in [0.4, 0.5) is 0 Å². The van der Waals surface area contributed by atoms with Crippen LogP contribution in [0.15, 0.2) is 103 Å². The van der Waals surface area contributed by atoms with Crippen molar-refractivity contribution in [3.63, 3.8) is 0 Å². The molecule has 0 aliphatic carbocycles. The summed E-state index contributed by atoms with van der Waals surface area (Å²) in [7, 11) is 4.79. The smallest absolute Gasteiger partial charge is 0.164 e. The van der Waals surface area contributed by atoms with Crippen LogP contribution >= 0.6 is 0 Å². The number of methoxy groups -OCH3 is 2. The number of ether oxygens (including phenoxy) is 2. The van der Waals surface area contributed by atoms with E-state index in [1.54, 1.807) is 49.8 Å². The Kier molecular flexibility index (Phi) is 13.5. The molecule has 298 valence electrons. The Morgan fingerprint density at radius 1 is 0.789 bits per heavy atom. The van der Waals surface area contributed by atoms with E-state index in [0.717, 1.165) is 49.7 Å². The van der Waals surface area contributed by atoms with Crippen LogP contribution in [-0.2, 0) is 43.4 Å². The number of nitrogens with zero attached hydrogens (tertiary/aromatic N) is 1. The maximum Gasteiger partial charge on any atom is 0.164 e. The summed E-state index contributed by atoms with van der Waals surface area (Å²) in [6.07, 6.45) is 4.15. The molecular weight excluding hydrogens is 721 g/mol. The fourth-order valence-electron chi connectivity index (χ4n) is 8.03. The molecule has 6 rings (SSSR count). The van der Waals surface area contributed by atoms with Crippen molar-refractivity contribution in [3.05, 3.63) is 148 Å². The predicted molar refractivity (Wildman–Crippen MR) is 220 cm³/mol. The van der Waals surface area contributed by atoms with Crippen LogP contribution in [0.5, 0.6) is 28.7 Å². The van der Waals surface area contributed by atoms with Gasteiger partial charge < -0.3 is 45.3 Å². The summed E-state index contributed by atoms with van der Waals surface area (Å²) in [5, 5.41) is 59.2. The lowest BCUT2D eigenvalue weighted by atomic mass is 9.80. The van der Waals surface area contributed by atoms with Crippen molar-refractivity contribution in [1.29, 1.82) is 0 Å². The highest BCUT2D eigenvalue weighted by molar-refractivity contribution is 5.89. The van der Waals surface area contributed by atoms with Gasteiger partial charge in [-0.25, -0.2) is 0 Å². The number of aromatic nitrogens is 1. The molecular formula is C47H51N2O8-. The van der Waals surface area contributed by atoms with Crippen molar-refractivity contribution in [2.45, 2.75) is 57.1 Å². The van der Waals surface area contributed by atoms with Crippen molar-refractivity contribution < 1.29 is 39.8 Å². The van der Waals surface area contributed by atoms with Crippen LogP contribution in [0.1, 0.15) is 56.8 Å². The van der Waals surface area contributed by atoms with E-state index in [1.165, 1.54) is 20.3 Å². The molecule has 0 aliphatic heterocycles. The Balaban J connectivity index is 1.36. The lowest BCUT2D eigenvalue weighted by molar-refractivity contribution is -0.123. The molecule has 0 radical (unpaired) electrons. The Morgan fingerprint density at radius 3 is 2.26 bits per heavy atom. The molecule has 0 saturated heterocycles. The van der Waals surface area contributed by atoms with E-state index in [1.807, 2.05) is 54.6 Å². The van der Waals surface area contributed by atoms with Gasteiger partial charge in [-0.1, -0.05) is 66.2 Å². The molecule has 0 saturated carbocycles. The van der Waals surface area contributed by atoms with Crippen LogP contribution in [0.25, 0.3) is 10.8 Å².